The van der Waals surface area contributed by atoms with Crippen LogP contribution < -0.4 is 15.4 Å². The van der Waals surface area contributed by atoms with Crippen molar-refractivity contribution in [2.45, 2.75) is 32.8 Å². The van der Waals surface area contributed by atoms with Crippen molar-refractivity contribution in [2.24, 2.45) is 0 Å². The second-order valence-electron chi connectivity index (χ2n) is 5.57. The van der Waals surface area contributed by atoms with Crippen LogP contribution in [0, 0.1) is 0 Å². The highest BCUT2D eigenvalue weighted by atomic mass is 35.5. The van der Waals surface area contributed by atoms with Crippen molar-refractivity contribution in [1.29, 1.82) is 0 Å². The third kappa shape index (κ3) is 6.67. The van der Waals surface area contributed by atoms with Gasteiger partial charge in [-0.1, -0.05) is 11.6 Å². The molecule has 1 aromatic rings. The molecule has 22 heavy (non-hydrogen) atoms. The Kier molecular flexibility index (Phi) is 6.49. The van der Waals surface area contributed by atoms with Gasteiger partial charge in [0.15, 0.2) is 0 Å². The first-order valence-corrected chi connectivity index (χ1v) is 7.19. The number of hydrogen-bond acceptors (Lipinski definition) is 4. The zero-order chi connectivity index (χ0) is 16.8. The first-order chi connectivity index (χ1) is 10.2. The molecule has 0 aliphatic carbocycles. The van der Waals surface area contributed by atoms with E-state index in [2.05, 4.69) is 10.6 Å². The summed E-state index contributed by atoms with van der Waals surface area (Å²) in [7, 11) is 1.50. The van der Waals surface area contributed by atoms with Gasteiger partial charge in [-0.25, -0.2) is 4.79 Å². The van der Waals surface area contributed by atoms with E-state index >= 15 is 0 Å². The van der Waals surface area contributed by atoms with E-state index in [0.29, 0.717) is 16.5 Å². The van der Waals surface area contributed by atoms with Crippen LogP contribution in [0.1, 0.15) is 27.2 Å². The zero-order valence-electron chi connectivity index (χ0n) is 13.2. The maximum absolute atomic E-state index is 11.9. The summed E-state index contributed by atoms with van der Waals surface area (Å²) in [4.78, 5) is 23.3. The van der Waals surface area contributed by atoms with Crippen LogP contribution in [0.5, 0.6) is 5.75 Å². The number of alkyl carbamates (subject to hydrolysis) is 1. The lowest BCUT2D eigenvalue weighted by Crippen LogP contribution is -2.34. The molecule has 0 heterocycles. The third-order valence-electron chi connectivity index (χ3n) is 2.46. The Morgan fingerprint density at radius 2 is 1.95 bits per heavy atom. The summed E-state index contributed by atoms with van der Waals surface area (Å²) in [6.45, 7) is 5.48. The summed E-state index contributed by atoms with van der Waals surface area (Å²) in [6.07, 6.45) is -0.449. The maximum atomic E-state index is 11.9. The van der Waals surface area contributed by atoms with Crippen molar-refractivity contribution >= 4 is 29.3 Å². The molecule has 6 nitrogen and oxygen atoms in total. The van der Waals surface area contributed by atoms with Gasteiger partial charge in [-0.15, -0.1) is 0 Å². The average Bonchev–Trinajstić information content (AvgIpc) is 2.36. The van der Waals surface area contributed by atoms with Crippen LogP contribution in [0.15, 0.2) is 18.2 Å². The van der Waals surface area contributed by atoms with E-state index in [9.17, 15) is 9.59 Å². The Bertz CT molecular complexity index is 541. The van der Waals surface area contributed by atoms with Crippen LogP contribution >= 0.6 is 11.6 Å². The van der Waals surface area contributed by atoms with E-state index in [1.807, 2.05) is 0 Å². The van der Waals surface area contributed by atoms with Crippen LogP contribution in [0.2, 0.25) is 5.02 Å². The number of nitrogens with one attached hydrogen (secondary N) is 2. The second-order valence-corrected chi connectivity index (χ2v) is 6.01. The molecule has 1 rings (SSSR count). The Labute approximate surface area is 135 Å². The molecule has 1 aromatic carbocycles. The van der Waals surface area contributed by atoms with Crippen LogP contribution in [0.3, 0.4) is 0 Å². The summed E-state index contributed by atoms with van der Waals surface area (Å²) in [5.74, 6) is 0.245. The summed E-state index contributed by atoms with van der Waals surface area (Å²) < 4.78 is 10.2. The van der Waals surface area contributed by atoms with Crippen LogP contribution in [-0.4, -0.2) is 31.3 Å². The van der Waals surface area contributed by atoms with Crippen molar-refractivity contribution in [3.8, 4) is 5.75 Å². The van der Waals surface area contributed by atoms with E-state index < -0.39 is 11.7 Å². The van der Waals surface area contributed by atoms with Crippen molar-refractivity contribution in [3.05, 3.63) is 23.2 Å². The van der Waals surface area contributed by atoms with E-state index in [1.165, 1.54) is 7.11 Å². The summed E-state index contributed by atoms with van der Waals surface area (Å²) in [6, 6.07) is 4.93. The molecule has 0 spiro atoms. The average molecular weight is 329 g/mol. The van der Waals surface area contributed by atoms with Gasteiger partial charge in [0.25, 0.3) is 0 Å². The van der Waals surface area contributed by atoms with Gasteiger partial charge in [0, 0.05) is 18.0 Å². The Balaban J connectivity index is 2.44. The minimum absolute atomic E-state index is 0.106. The lowest BCUT2D eigenvalue weighted by atomic mass is 10.2. The highest BCUT2D eigenvalue weighted by molar-refractivity contribution is 6.31. The number of amides is 2. The number of carbonyl (C=O) groups excluding carboxylic acids is 2. The number of anilines is 1. The van der Waals surface area contributed by atoms with Gasteiger partial charge in [0.2, 0.25) is 5.91 Å². The minimum Gasteiger partial charge on any atom is -0.495 e. The molecule has 0 unspecified atom stereocenters. The van der Waals surface area contributed by atoms with Gasteiger partial charge < -0.3 is 20.1 Å². The predicted octanol–water partition coefficient (Wildman–Crippen LogP) is 3.20. The van der Waals surface area contributed by atoms with Crippen molar-refractivity contribution in [3.63, 3.8) is 0 Å². The first kappa shape index (κ1) is 18.1. The van der Waals surface area contributed by atoms with Crippen LogP contribution in [0.4, 0.5) is 10.5 Å². The van der Waals surface area contributed by atoms with Crippen LogP contribution in [-0.2, 0) is 9.53 Å². The van der Waals surface area contributed by atoms with E-state index in [0.717, 1.165) is 0 Å². The Hall–Kier alpha value is -1.95. The zero-order valence-corrected chi connectivity index (χ0v) is 13.9. The second kappa shape index (κ2) is 7.89. The van der Waals surface area contributed by atoms with Gasteiger partial charge in [-0.05, 0) is 39.0 Å². The van der Waals surface area contributed by atoms with E-state index in [1.54, 1.807) is 39.0 Å². The number of benzene rings is 1. The molecule has 122 valence electrons. The molecule has 0 aromatic heterocycles. The molecule has 0 radical (unpaired) electrons. The number of rotatable bonds is 5. The Morgan fingerprint density at radius 3 is 2.55 bits per heavy atom. The number of methoxy groups -OCH3 is 1. The largest absolute Gasteiger partial charge is 0.495 e. The number of hydrogen-bond donors (Lipinski definition) is 2. The van der Waals surface area contributed by atoms with Crippen LogP contribution in [0.25, 0.3) is 0 Å². The summed E-state index contributed by atoms with van der Waals surface area (Å²) >= 11 is 5.88. The molecular weight excluding hydrogens is 308 g/mol. The number of halogens is 1. The fourth-order valence-electron chi connectivity index (χ4n) is 1.58. The molecule has 2 N–H and O–H groups in total. The van der Waals surface area contributed by atoms with E-state index in [4.69, 9.17) is 21.1 Å². The topological polar surface area (TPSA) is 76.7 Å². The standard InChI is InChI=1S/C15H21ClN2O4/c1-15(2,3)22-14(20)17-8-7-13(19)18-11-9-10(16)5-6-12(11)21-4/h5-6,9H,7-8H2,1-4H3,(H,17,20)(H,18,19). The van der Waals surface area contributed by atoms with Gasteiger partial charge in [-0.2, -0.15) is 0 Å². The molecule has 0 aliphatic rings. The normalized spacial score (nSPS) is 10.8. The molecule has 0 saturated carbocycles. The minimum atomic E-state index is -0.569. The van der Waals surface area contributed by atoms with E-state index in [-0.39, 0.29) is 18.9 Å². The number of ether oxygens (including phenoxy) is 2. The van der Waals surface area contributed by atoms with Gasteiger partial charge >= 0.3 is 6.09 Å². The fourth-order valence-corrected chi connectivity index (χ4v) is 1.75. The SMILES string of the molecule is COc1ccc(Cl)cc1NC(=O)CCNC(=O)OC(C)(C)C. The molecule has 7 heteroatoms. The van der Waals surface area contributed by atoms with Crippen molar-refractivity contribution in [1.82, 2.24) is 5.32 Å². The lowest BCUT2D eigenvalue weighted by molar-refractivity contribution is -0.116. The molecule has 0 fully saturated rings. The Morgan fingerprint density at radius 1 is 1.27 bits per heavy atom. The highest BCUT2D eigenvalue weighted by Gasteiger charge is 2.16. The van der Waals surface area contributed by atoms with Crippen molar-refractivity contribution < 1.29 is 19.1 Å². The van der Waals surface area contributed by atoms with Crippen molar-refractivity contribution in [2.75, 3.05) is 19.0 Å². The third-order valence-corrected chi connectivity index (χ3v) is 2.69. The monoisotopic (exact) mass is 328 g/mol. The molecule has 0 atom stereocenters. The molecule has 0 saturated heterocycles. The highest BCUT2D eigenvalue weighted by Crippen LogP contribution is 2.27. The maximum Gasteiger partial charge on any atom is 0.407 e. The quantitative estimate of drug-likeness (QED) is 0.870. The lowest BCUT2D eigenvalue weighted by Gasteiger charge is -2.19. The fraction of sp³-hybridized carbons (Fsp3) is 0.467. The summed E-state index contributed by atoms with van der Waals surface area (Å²) in [5, 5.41) is 5.69. The predicted molar refractivity (Wildman–Crippen MR) is 85.5 cm³/mol. The molecule has 0 bridgehead atoms. The smallest absolute Gasteiger partial charge is 0.407 e. The molecular formula is C15H21ClN2O4. The van der Waals surface area contributed by atoms with Gasteiger partial charge in [-0.3, -0.25) is 4.79 Å². The van der Waals surface area contributed by atoms with Gasteiger partial charge in [0.05, 0.1) is 12.8 Å². The molecule has 2 amide bonds. The van der Waals surface area contributed by atoms with Gasteiger partial charge in [0.1, 0.15) is 11.4 Å². The number of carbonyl (C=O) groups is 2. The molecule has 0 aliphatic heterocycles. The first-order valence-electron chi connectivity index (χ1n) is 6.81. The summed E-state index contributed by atoms with van der Waals surface area (Å²) in [5.41, 5.74) is -0.0854.